The van der Waals surface area contributed by atoms with E-state index in [1.54, 1.807) is 0 Å². The number of amides is 1. The number of benzene rings is 1. The van der Waals surface area contributed by atoms with E-state index in [-0.39, 0.29) is 0 Å². The smallest absolute Gasteiger partial charge is 0.233 e. The molecule has 1 N–H and O–H groups in total. The third-order valence-corrected chi connectivity index (χ3v) is 6.25. The third kappa shape index (κ3) is 2.66. The average Bonchev–Trinajstić information content (AvgIpc) is 2.88. The Kier molecular flexibility index (Phi) is 4.35. The number of fused-ring (bicyclic) bond motifs is 2. The molecule has 4 rings (SSSR count). The minimum absolute atomic E-state index is 0.353. The second-order valence-electron chi connectivity index (χ2n) is 7.65. The fourth-order valence-corrected chi connectivity index (χ4v) is 4.78. The van der Waals surface area contributed by atoms with Gasteiger partial charge in [0.15, 0.2) is 0 Å². The quantitative estimate of drug-likeness (QED) is 0.906. The van der Waals surface area contributed by atoms with E-state index in [2.05, 4.69) is 41.4 Å². The number of rotatable bonds is 2. The summed E-state index contributed by atoms with van der Waals surface area (Å²) in [5.74, 6) is 0.353. The Hall–Kier alpha value is -1.39. The van der Waals surface area contributed by atoms with Crippen molar-refractivity contribution >= 4 is 5.91 Å². The Morgan fingerprint density at radius 3 is 2.58 bits per heavy atom. The van der Waals surface area contributed by atoms with Crippen molar-refractivity contribution in [1.29, 1.82) is 0 Å². The minimum Gasteiger partial charge on any atom is -0.381 e. The van der Waals surface area contributed by atoms with Crippen LogP contribution in [0.4, 0.5) is 0 Å². The molecule has 0 saturated carbocycles. The van der Waals surface area contributed by atoms with Crippen LogP contribution in [0.2, 0.25) is 0 Å². The van der Waals surface area contributed by atoms with Gasteiger partial charge < -0.3 is 15.0 Å². The van der Waals surface area contributed by atoms with E-state index in [0.29, 0.717) is 31.2 Å². The number of nitrogens with zero attached hydrogens (tertiary/aromatic N) is 1. The van der Waals surface area contributed by atoms with Gasteiger partial charge in [-0.25, -0.2) is 0 Å². The van der Waals surface area contributed by atoms with E-state index in [1.807, 2.05) is 0 Å². The van der Waals surface area contributed by atoms with Crippen molar-refractivity contribution in [1.82, 2.24) is 10.2 Å². The van der Waals surface area contributed by atoms with Gasteiger partial charge in [0.05, 0.1) is 5.41 Å². The predicted octanol–water partition coefficient (Wildman–Crippen LogP) is 2.40. The Balaban J connectivity index is 1.70. The standard InChI is InChI=1S/C20H28N2O2/c1-15-2-4-16(5-3-15)20(9-12-24-13-10-20)19(23)22-17-6-7-18(22)14-21-11-8-17/h2-5,17-18,21H,6-14H2,1H3. The molecule has 3 saturated heterocycles. The highest BCUT2D eigenvalue weighted by Crippen LogP contribution is 2.40. The summed E-state index contributed by atoms with van der Waals surface area (Å²) in [6.07, 6.45) is 5.00. The fourth-order valence-electron chi connectivity index (χ4n) is 4.78. The molecule has 0 spiro atoms. The fraction of sp³-hybridized carbons (Fsp3) is 0.650. The van der Waals surface area contributed by atoms with Crippen LogP contribution in [0, 0.1) is 6.92 Å². The van der Waals surface area contributed by atoms with Crippen molar-refractivity contribution in [3.63, 3.8) is 0 Å². The molecule has 1 amide bonds. The normalized spacial score (nSPS) is 29.3. The number of hydrogen-bond donors (Lipinski definition) is 1. The molecule has 0 aromatic heterocycles. The van der Waals surface area contributed by atoms with Gasteiger partial charge in [-0.1, -0.05) is 29.8 Å². The molecule has 0 radical (unpaired) electrons. The minimum atomic E-state index is -0.392. The Morgan fingerprint density at radius 1 is 1.12 bits per heavy atom. The molecule has 0 aliphatic carbocycles. The highest BCUT2D eigenvalue weighted by atomic mass is 16.5. The highest BCUT2D eigenvalue weighted by Gasteiger charge is 2.49. The van der Waals surface area contributed by atoms with Gasteiger partial charge in [-0.3, -0.25) is 4.79 Å². The van der Waals surface area contributed by atoms with Gasteiger partial charge in [0.2, 0.25) is 5.91 Å². The summed E-state index contributed by atoms with van der Waals surface area (Å²) < 4.78 is 5.62. The maximum Gasteiger partial charge on any atom is 0.233 e. The molecule has 3 heterocycles. The monoisotopic (exact) mass is 328 g/mol. The van der Waals surface area contributed by atoms with Crippen molar-refractivity contribution in [3.8, 4) is 0 Å². The molecule has 2 atom stereocenters. The lowest BCUT2D eigenvalue weighted by Gasteiger charge is -2.42. The van der Waals surface area contributed by atoms with Crippen molar-refractivity contribution in [2.75, 3.05) is 26.3 Å². The number of nitrogens with one attached hydrogen (secondary N) is 1. The molecule has 3 aliphatic rings. The average molecular weight is 328 g/mol. The van der Waals surface area contributed by atoms with Gasteiger partial charge in [-0.15, -0.1) is 0 Å². The highest BCUT2D eigenvalue weighted by molar-refractivity contribution is 5.89. The van der Waals surface area contributed by atoms with Gasteiger partial charge in [0, 0.05) is 31.8 Å². The second-order valence-corrected chi connectivity index (χ2v) is 7.65. The molecule has 2 bridgehead atoms. The SMILES string of the molecule is Cc1ccc(C2(C(=O)N3C4CCNCC3CC4)CCOCC2)cc1. The molecule has 1 aromatic carbocycles. The van der Waals surface area contributed by atoms with Crippen molar-refractivity contribution in [2.45, 2.75) is 56.5 Å². The van der Waals surface area contributed by atoms with Crippen LogP contribution < -0.4 is 5.32 Å². The molecular weight excluding hydrogens is 300 g/mol. The first-order chi connectivity index (χ1) is 11.7. The van der Waals surface area contributed by atoms with Crippen LogP contribution >= 0.6 is 0 Å². The number of aryl methyl sites for hydroxylation is 1. The second kappa shape index (κ2) is 6.49. The van der Waals surface area contributed by atoms with E-state index in [1.165, 1.54) is 17.5 Å². The molecule has 24 heavy (non-hydrogen) atoms. The number of carbonyl (C=O) groups is 1. The molecule has 1 aromatic rings. The molecule has 3 aliphatic heterocycles. The Labute approximate surface area is 144 Å². The number of ether oxygens (including phenoxy) is 1. The lowest BCUT2D eigenvalue weighted by Crippen LogP contribution is -2.54. The van der Waals surface area contributed by atoms with E-state index in [4.69, 9.17) is 4.74 Å². The van der Waals surface area contributed by atoms with Crippen LogP contribution in [-0.4, -0.2) is 49.2 Å². The zero-order chi connectivity index (χ0) is 16.6. The largest absolute Gasteiger partial charge is 0.381 e. The van der Waals surface area contributed by atoms with Gasteiger partial charge in [-0.05, 0) is 51.1 Å². The first-order valence-corrected chi connectivity index (χ1v) is 9.39. The van der Waals surface area contributed by atoms with Crippen LogP contribution in [0.5, 0.6) is 0 Å². The van der Waals surface area contributed by atoms with E-state index in [9.17, 15) is 4.79 Å². The summed E-state index contributed by atoms with van der Waals surface area (Å²) in [7, 11) is 0. The van der Waals surface area contributed by atoms with Crippen molar-refractivity contribution in [2.24, 2.45) is 0 Å². The van der Waals surface area contributed by atoms with Gasteiger partial charge >= 0.3 is 0 Å². The van der Waals surface area contributed by atoms with Gasteiger partial charge in [0.1, 0.15) is 0 Å². The lowest BCUT2D eigenvalue weighted by molar-refractivity contribution is -0.144. The van der Waals surface area contributed by atoms with Crippen LogP contribution in [0.1, 0.15) is 43.2 Å². The number of hydrogen-bond acceptors (Lipinski definition) is 3. The lowest BCUT2D eigenvalue weighted by atomic mass is 9.72. The maximum absolute atomic E-state index is 13.8. The van der Waals surface area contributed by atoms with E-state index in [0.717, 1.165) is 38.8 Å². The van der Waals surface area contributed by atoms with E-state index >= 15 is 0 Å². The molecule has 3 fully saturated rings. The van der Waals surface area contributed by atoms with Gasteiger partial charge in [0.25, 0.3) is 0 Å². The van der Waals surface area contributed by atoms with Crippen LogP contribution in [0.25, 0.3) is 0 Å². The third-order valence-electron chi connectivity index (χ3n) is 6.25. The Morgan fingerprint density at radius 2 is 1.83 bits per heavy atom. The summed E-state index contributed by atoms with van der Waals surface area (Å²) in [5.41, 5.74) is 2.03. The van der Waals surface area contributed by atoms with Crippen molar-refractivity contribution in [3.05, 3.63) is 35.4 Å². The molecule has 4 heteroatoms. The molecule has 130 valence electrons. The summed E-state index contributed by atoms with van der Waals surface area (Å²) in [6, 6.07) is 9.39. The van der Waals surface area contributed by atoms with E-state index < -0.39 is 5.41 Å². The molecule has 2 unspecified atom stereocenters. The van der Waals surface area contributed by atoms with Gasteiger partial charge in [-0.2, -0.15) is 0 Å². The number of carbonyl (C=O) groups excluding carboxylic acids is 1. The van der Waals surface area contributed by atoms with Crippen LogP contribution in [0.15, 0.2) is 24.3 Å². The summed E-state index contributed by atoms with van der Waals surface area (Å²) >= 11 is 0. The summed E-state index contributed by atoms with van der Waals surface area (Å²) in [4.78, 5) is 16.1. The first-order valence-electron chi connectivity index (χ1n) is 9.39. The Bertz CT molecular complexity index is 578. The summed E-state index contributed by atoms with van der Waals surface area (Å²) in [6.45, 7) is 5.44. The van der Waals surface area contributed by atoms with Crippen molar-refractivity contribution < 1.29 is 9.53 Å². The topological polar surface area (TPSA) is 41.6 Å². The zero-order valence-corrected chi connectivity index (χ0v) is 14.6. The predicted molar refractivity (Wildman–Crippen MR) is 94.1 cm³/mol. The first kappa shape index (κ1) is 16.1. The van der Waals surface area contributed by atoms with Crippen LogP contribution in [0.3, 0.4) is 0 Å². The molecule has 4 nitrogen and oxygen atoms in total. The zero-order valence-electron chi connectivity index (χ0n) is 14.6. The molecular formula is C20H28N2O2. The maximum atomic E-state index is 13.8. The summed E-state index contributed by atoms with van der Waals surface area (Å²) in [5, 5.41) is 3.51. The van der Waals surface area contributed by atoms with Crippen LogP contribution in [-0.2, 0) is 14.9 Å².